The molecule has 0 heterocycles. The Morgan fingerprint density at radius 2 is 1.03 bits per heavy atom. The molecule has 0 rings (SSSR count). The third-order valence-corrected chi connectivity index (χ3v) is 7.82. The molecule has 0 aliphatic carbocycles. The van der Waals surface area contributed by atoms with Crippen LogP contribution >= 0.6 is 30.8 Å². The lowest BCUT2D eigenvalue weighted by Crippen LogP contribution is -2.28. The van der Waals surface area contributed by atoms with Crippen molar-refractivity contribution in [3.63, 3.8) is 0 Å². The summed E-state index contributed by atoms with van der Waals surface area (Å²) in [5.41, 5.74) is 0. The molecule has 0 aromatic rings. The largest absolute Gasteiger partial charge is 0.779 e. The van der Waals surface area contributed by atoms with Gasteiger partial charge in [0.15, 0.2) is 0 Å². The molecule has 6 unspecified atom stereocenters. The highest BCUT2D eigenvalue weighted by Gasteiger charge is 2.20. The monoisotopic (exact) mass is 639 g/mol. The van der Waals surface area contributed by atoms with E-state index in [0.29, 0.717) is 0 Å². The van der Waals surface area contributed by atoms with Crippen LogP contribution in [0.5, 0.6) is 0 Å². The number of rotatable bonds is 22. The van der Waals surface area contributed by atoms with Crippen molar-refractivity contribution in [3.8, 4) is 0 Å². The van der Waals surface area contributed by atoms with E-state index in [1.807, 2.05) is 0 Å². The molecule has 0 saturated heterocycles. The number of phosphoric acid groups is 2. The lowest BCUT2D eigenvalue weighted by atomic mass is 10.2. The highest BCUT2D eigenvalue weighted by Crippen LogP contribution is 2.42. The Kier molecular flexibility index (Phi) is 26.4. The number of hydrogen-bond acceptors (Lipinski definition) is 15. The van der Waals surface area contributed by atoms with Crippen LogP contribution in [-0.2, 0) is 45.4 Å². The van der Waals surface area contributed by atoms with Crippen molar-refractivity contribution in [2.75, 3.05) is 79.7 Å². The Hall–Kier alpha value is 0.440. The minimum Gasteiger partial charge on any atom is -0.779 e. The molecule has 236 valence electrons. The van der Waals surface area contributed by atoms with E-state index >= 15 is 0 Å². The van der Waals surface area contributed by atoms with Gasteiger partial charge in [0.25, 0.3) is 15.6 Å². The van der Waals surface area contributed by atoms with Gasteiger partial charge in [-0.25, -0.2) is 0 Å². The summed E-state index contributed by atoms with van der Waals surface area (Å²) in [7, 11) is -14.3. The SMILES string of the molecule is C.C.C.CCP(=O)([O-])OCC(CNC)COP(=O)([O-])OCCOP(=O)([O-])OCC(CNC)COP(C)(=O)O. The van der Waals surface area contributed by atoms with Gasteiger partial charge < -0.3 is 61.9 Å². The van der Waals surface area contributed by atoms with Crippen LogP contribution < -0.4 is 25.3 Å². The van der Waals surface area contributed by atoms with Gasteiger partial charge in [-0.1, -0.05) is 29.2 Å². The highest BCUT2D eigenvalue weighted by atomic mass is 31.2. The van der Waals surface area contributed by atoms with E-state index < -0.39 is 69.1 Å². The van der Waals surface area contributed by atoms with E-state index in [2.05, 4.69) is 19.7 Å². The highest BCUT2D eigenvalue weighted by molar-refractivity contribution is 7.52. The molecule has 0 aliphatic heterocycles. The van der Waals surface area contributed by atoms with Crippen molar-refractivity contribution < 1.29 is 65.0 Å². The molecular formula is C18H47N2O14P4-3. The Balaban J connectivity index is -0.00000193. The molecule has 38 heavy (non-hydrogen) atoms. The zero-order valence-corrected chi connectivity index (χ0v) is 23.6. The quantitative estimate of drug-likeness (QED) is 0.111. The Bertz CT molecular complexity index is 784. The van der Waals surface area contributed by atoms with Gasteiger partial charge in [0, 0.05) is 37.8 Å². The average Bonchev–Trinajstić information content (AvgIpc) is 2.75. The van der Waals surface area contributed by atoms with Gasteiger partial charge in [-0.15, -0.1) is 0 Å². The van der Waals surface area contributed by atoms with Gasteiger partial charge in [0.2, 0.25) is 0 Å². The van der Waals surface area contributed by atoms with Crippen LogP contribution in [0.1, 0.15) is 29.2 Å². The van der Waals surface area contributed by atoms with Crippen molar-refractivity contribution in [1.82, 2.24) is 10.6 Å². The predicted octanol–water partition coefficient (Wildman–Crippen LogP) is 0.991. The maximum absolute atomic E-state index is 11.9. The zero-order valence-electron chi connectivity index (χ0n) is 20.1. The standard InChI is InChI=1S/C15H38N2O14P4.3CH4/c1-5-33(20,21)29-11-15(9-17-3)13-31-35(24,25)27-7-6-26-34(22,23)30-12-14(8-16-2)10-28-32(4,18)19;;;/h14-17H,5-13H2,1-4H3,(H,18,19)(H,20,21)(H,22,23)(H,24,25);3*1H4/p-3. The van der Waals surface area contributed by atoms with Crippen LogP contribution in [0.4, 0.5) is 0 Å². The van der Waals surface area contributed by atoms with Gasteiger partial charge in [0.05, 0.1) is 39.6 Å². The fraction of sp³-hybridized carbons (Fsp3) is 1.00. The third kappa shape index (κ3) is 25.4. The summed E-state index contributed by atoms with van der Waals surface area (Å²) < 4.78 is 74.4. The Morgan fingerprint density at radius 3 is 1.34 bits per heavy atom. The van der Waals surface area contributed by atoms with Crippen molar-refractivity contribution >= 4 is 30.8 Å². The third-order valence-electron chi connectivity index (χ3n) is 3.95. The van der Waals surface area contributed by atoms with Crippen molar-refractivity contribution in [3.05, 3.63) is 0 Å². The van der Waals surface area contributed by atoms with Crippen LogP contribution in [-0.4, -0.2) is 84.5 Å². The molecule has 0 aliphatic rings. The maximum Gasteiger partial charge on any atom is 0.325 e. The summed E-state index contributed by atoms with van der Waals surface area (Å²) in [5.74, 6) is -1.23. The number of hydrogen-bond donors (Lipinski definition) is 3. The van der Waals surface area contributed by atoms with Crippen LogP contribution in [0, 0.1) is 11.8 Å². The lowest BCUT2D eigenvalue weighted by molar-refractivity contribution is -0.234. The second-order valence-electron chi connectivity index (χ2n) is 7.32. The van der Waals surface area contributed by atoms with Gasteiger partial charge >= 0.3 is 7.60 Å². The zero-order chi connectivity index (χ0) is 27.2. The second-order valence-corrected chi connectivity index (χ2v) is 14.1. The minimum atomic E-state index is -4.86. The normalized spacial score (nSPS) is 19.2. The first-order valence-corrected chi connectivity index (χ1v) is 17.1. The van der Waals surface area contributed by atoms with Crippen molar-refractivity contribution in [2.24, 2.45) is 11.8 Å². The van der Waals surface area contributed by atoms with Crippen molar-refractivity contribution in [1.29, 1.82) is 0 Å². The molecule has 20 heteroatoms. The molecular weight excluding hydrogens is 592 g/mol. The minimum absolute atomic E-state index is 0. The summed E-state index contributed by atoms with van der Waals surface area (Å²) in [6.45, 7) is -0.0414. The molecule has 0 aromatic carbocycles. The van der Waals surface area contributed by atoms with Gasteiger partial charge in [-0.2, -0.15) is 0 Å². The fourth-order valence-corrected chi connectivity index (χ4v) is 4.87. The summed E-state index contributed by atoms with van der Waals surface area (Å²) in [6, 6.07) is 0. The maximum atomic E-state index is 11.9. The van der Waals surface area contributed by atoms with E-state index in [9.17, 15) is 32.9 Å². The molecule has 3 N–H and O–H groups in total. The van der Waals surface area contributed by atoms with Gasteiger partial charge in [-0.05, 0) is 14.1 Å². The molecule has 0 fully saturated rings. The van der Waals surface area contributed by atoms with Gasteiger partial charge in [-0.3, -0.25) is 13.7 Å². The van der Waals surface area contributed by atoms with Crippen molar-refractivity contribution in [2.45, 2.75) is 29.2 Å². The number of nitrogens with one attached hydrogen (secondary N) is 2. The smallest absolute Gasteiger partial charge is 0.325 e. The summed E-state index contributed by atoms with van der Waals surface area (Å²) in [5, 5.41) is 5.50. The predicted molar refractivity (Wildman–Crippen MR) is 140 cm³/mol. The van der Waals surface area contributed by atoms with Crippen LogP contribution in [0.15, 0.2) is 0 Å². The molecule has 0 aromatic heterocycles. The lowest BCUT2D eigenvalue weighted by Gasteiger charge is -2.28. The fourth-order valence-electron chi connectivity index (χ4n) is 2.23. The molecule has 0 saturated carbocycles. The summed E-state index contributed by atoms with van der Waals surface area (Å²) >= 11 is 0. The topological polar surface area (TPSA) is 237 Å². The van der Waals surface area contributed by atoms with Crippen LogP contribution in [0.2, 0.25) is 0 Å². The van der Waals surface area contributed by atoms with Gasteiger partial charge in [0.1, 0.15) is 7.60 Å². The average molecular weight is 639 g/mol. The van der Waals surface area contributed by atoms with Crippen LogP contribution in [0.3, 0.4) is 0 Å². The first-order chi connectivity index (χ1) is 16.0. The molecule has 6 atom stereocenters. The molecule has 0 radical (unpaired) electrons. The first kappa shape index (κ1) is 45.4. The van der Waals surface area contributed by atoms with E-state index in [1.165, 1.54) is 6.92 Å². The molecule has 16 nitrogen and oxygen atoms in total. The van der Waals surface area contributed by atoms with E-state index in [1.54, 1.807) is 14.1 Å². The van der Waals surface area contributed by atoms with E-state index in [-0.39, 0.29) is 54.7 Å². The summed E-state index contributed by atoms with van der Waals surface area (Å²) in [4.78, 5) is 44.3. The molecule has 0 amide bonds. The summed E-state index contributed by atoms with van der Waals surface area (Å²) in [6.07, 6.45) is -0.218. The Morgan fingerprint density at radius 1 is 0.684 bits per heavy atom. The Labute approximate surface area is 227 Å². The number of phosphoric ester groups is 2. The van der Waals surface area contributed by atoms with E-state index in [0.717, 1.165) is 6.66 Å². The molecule has 0 bridgehead atoms. The second kappa shape index (κ2) is 22.1. The van der Waals surface area contributed by atoms with Crippen LogP contribution in [0.25, 0.3) is 0 Å². The molecule has 0 spiro atoms. The first-order valence-electron chi connectivity index (χ1n) is 10.4. The van der Waals surface area contributed by atoms with E-state index in [4.69, 9.17) is 23.0 Å².